The SMILES string of the molecule is C[C@@]1(C(=O)O)CN(Cc2ccccc2)C[C@]1(C)C(=O)O. The zero-order chi connectivity index (χ0) is 15.0. The normalized spacial score (nSPS) is 30.3. The Labute approximate surface area is 117 Å². The molecule has 1 heterocycles. The van der Waals surface area contributed by atoms with Crippen LogP contribution in [0.2, 0.25) is 0 Å². The summed E-state index contributed by atoms with van der Waals surface area (Å²) in [5, 5.41) is 18.9. The molecule has 1 aromatic rings. The van der Waals surface area contributed by atoms with Gasteiger partial charge in [-0.05, 0) is 19.4 Å². The zero-order valence-corrected chi connectivity index (χ0v) is 11.7. The number of likely N-dealkylation sites (tertiary alicyclic amines) is 1. The van der Waals surface area contributed by atoms with E-state index in [4.69, 9.17) is 0 Å². The second-order valence-electron chi connectivity index (χ2n) is 5.91. The number of hydrogen-bond donors (Lipinski definition) is 2. The first-order chi connectivity index (χ1) is 9.29. The topological polar surface area (TPSA) is 77.8 Å². The molecule has 0 unspecified atom stereocenters. The third-order valence-corrected chi connectivity index (χ3v) is 4.49. The molecule has 0 saturated carbocycles. The van der Waals surface area contributed by atoms with Gasteiger partial charge in [0.15, 0.2) is 0 Å². The van der Waals surface area contributed by atoms with Crippen molar-refractivity contribution in [3.63, 3.8) is 0 Å². The van der Waals surface area contributed by atoms with Gasteiger partial charge >= 0.3 is 11.9 Å². The largest absolute Gasteiger partial charge is 0.481 e. The Morgan fingerprint density at radius 1 is 1.05 bits per heavy atom. The van der Waals surface area contributed by atoms with Gasteiger partial charge in [0.1, 0.15) is 0 Å². The molecule has 1 aliphatic rings. The maximum atomic E-state index is 11.6. The number of rotatable bonds is 4. The molecule has 1 aromatic carbocycles. The van der Waals surface area contributed by atoms with Crippen molar-refractivity contribution < 1.29 is 19.8 Å². The number of carbonyl (C=O) groups is 2. The molecule has 0 radical (unpaired) electrons. The molecule has 5 nitrogen and oxygen atoms in total. The average Bonchev–Trinajstić information content (AvgIpc) is 2.64. The molecule has 1 saturated heterocycles. The molecule has 20 heavy (non-hydrogen) atoms. The van der Waals surface area contributed by atoms with Crippen LogP contribution >= 0.6 is 0 Å². The smallest absolute Gasteiger partial charge is 0.311 e. The van der Waals surface area contributed by atoms with Crippen molar-refractivity contribution in [1.82, 2.24) is 4.90 Å². The summed E-state index contributed by atoms with van der Waals surface area (Å²) in [6.07, 6.45) is 0. The van der Waals surface area contributed by atoms with Gasteiger partial charge in [0, 0.05) is 19.6 Å². The number of carboxylic acid groups (broad SMARTS) is 2. The Hall–Kier alpha value is -1.88. The molecule has 2 atom stereocenters. The minimum Gasteiger partial charge on any atom is -0.481 e. The lowest BCUT2D eigenvalue weighted by Crippen LogP contribution is -2.48. The summed E-state index contributed by atoms with van der Waals surface area (Å²) in [6, 6.07) is 9.65. The first-order valence-corrected chi connectivity index (χ1v) is 6.53. The maximum Gasteiger partial charge on any atom is 0.311 e. The summed E-state index contributed by atoms with van der Waals surface area (Å²) in [4.78, 5) is 25.0. The molecule has 0 bridgehead atoms. The first-order valence-electron chi connectivity index (χ1n) is 6.53. The highest BCUT2D eigenvalue weighted by atomic mass is 16.4. The van der Waals surface area contributed by atoms with Crippen LogP contribution in [0.25, 0.3) is 0 Å². The van der Waals surface area contributed by atoms with E-state index in [1.54, 1.807) is 0 Å². The highest BCUT2D eigenvalue weighted by Gasteiger charge is 2.61. The molecule has 108 valence electrons. The Morgan fingerprint density at radius 3 is 1.90 bits per heavy atom. The van der Waals surface area contributed by atoms with Gasteiger partial charge in [0.05, 0.1) is 10.8 Å². The lowest BCUT2D eigenvalue weighted by Gasteiger charge is -2.32. The van der Waals surface area contributed by atoms with Crippen LogP contribution in [0, 0.1) is 10.8 Å². The highest BCUT2D eigenvalue weighted by Crippen LogP contribution is 2.46. The van der Waals surface area contributed by atoms with Gasteiger partial charge in [-0.2, -0.15) is 0 Å². The van der Waals surface area contributed by atoms with Gasteiger partial charge in [0.2, 0.25) is 0 Å². The van der Waals surface area contributed by atoms with E-state index in [1.165, 1.54) is 13.8 Å². The number of benzene rings is 1. The van der Waals surface area contributed by atoms with E-state index in [0.29, 0.717) is 6.54 Å². The summed E-state index contributed by atoms with van der Waals surface area (Å²) < 4.78 is 0. The van der Waals surface area contributed by atoms with E-state index in [9.17, 15) is 19.8 Å². The van der Waals surface area contributed by atoms with Crippen LogP contribution in [0.1, 0.15) is 19.4 Å². The van der Waals surface area contributed by atoms with E-state index in [-0.39, 0.29) is 13.1 Å². The van der Waals surface area contributed by atoms with E-state index >= 15 is 0 Å². The fraction of sp³-hybridized carbons (Fsp3) is 0.467. The zero-order valence-electron chi connectivity index (χ0n) is 11.7. The van der Waals surface area contributed by atoms with Crippen LogP contribution in [0.4, 0.5) is 0 Å². The fourth-order valence-corrected chi connectivity index (χ4v) is 2.86. The summed E-state index contributed by atoms with van der Waals surface area (Å²) in [6.45, 7) is 4.08. The monoisotopic (exact) mass is 277 g/mol. The van der Waals surface area contributed by atoms with Crippen molar-refractivity contribution in [1.29, 1.82) is 0 Å². The predicted octanol–water partition coefficient (Wildman–Crippen LogP) is 1.68. The number of nitrogens with zero attached hydrogens (tertiary/aromatic N) is 1. The van der Waals surface area contributed by atoms with Crippen molar-refractivity contribution in [2.24, 2.45) is 10.8 Å². The average molecular weight is 277 g/mol. The summed E-state index contributed by atoms with van der Waals surface area (Å²) in [7, 11) is 0. The second kappa shape index (κ2) is 4.90. The lowest BCUT2D eigenvalue weighted by molar-refractivity contribution is -0.166. The minimum atomic E-state index is -1.28. The van der Waals surface area contributed by atoms with E-state index in [1.807, 2.05) is 35.2 Å². The van der Waals surface area contributed by atoms with Gasteiger partial charge < -0.3 is 10.2 Å². The van der Waals surface area contributed by atoms with Crippen molar-refractivity contribution in [3.8, 4) is 0 Å². The standard InChI is InChI=1S/C15H19NO4/c1-14(12(17)18)9-16(10-15(14,2)13(19)20)8-11-6-4-3-5-7-11/h3-7H,8-10H2,1-2H3,(H,17,18)(H,19,20)/t14-,15+. The first kappa shape index (κ1) is 14.5. The summed E-state index contributed by atoms with van der Waals surface area (Å²) >= 11 is 0. The quantitative estimate of drug-likeness (QED) is 0.875. The van der Waals surface area contributed by atoms with Crippen LogP contribution in [-0.2, 0) is 16.1 Å². The van der Waals surface area contributed by atoms with Gasteiger partial charge in [-0.15, -0.1) is 0 Å². The van der Waals surface area contributed by atoms with Crippen molar-refractivity contribution >= 4 is 11.9 Å². The number of carboxylic acids is 2. The minimum absolute atomic E-state index is 0.236. The fourth-order valence-electron chi connectivity index (χ4n) is 2.86. The third-order valence-electron chi connectivity index (χ3n) is 4.49. The van der Waals surface area contributed by atoms with Crippen LogP contribution in [0.15, 0.2) is 30.3 Å². The molecule has 1 aliphatic heterocycles. The summed E-state index contributed by atoms with van der Waals surface area (Å²) in [5.41, 5.74) is -1.52. The Bertz CT molecular complexity index is 502. The molecule has 2 rings (SSSR count). The van der Waals surface area contributed by atoms with Gasteiger partial charge in [-0.1, -0.05) is 30.3 Å². The van der Waals surface area contributed by atoms with Crippen LogP contribution in [0.5, 0.6) is 0 Å². The van der Waals surface area contributed by atoms with Gasteiger partial charge in [0.25, 0.3) is 0 Å². The van der Waals surface area contributed by atoms with Crippen LogP contribution in [-0.4, -0.2) is 40.1 Å². The third kappa shape index (κ3) is 2.18. The van der Waals surface area contributed by atoms with Crippen molar-refractivity contribution in [2.75, 3.05) is 13.1 Å². The molecule has 0 aliphatic carbocycles. The van der Waals surface area contributed by atoms with Gasteiger partial charge in [-0.3, -0.25) is 14.5 Å². The molecular weight excluding hydrogens is 258 g/mol. The molecule has 5 heteroatoms. The second-order valence-corrected chi connectivity index (χ2v) is 5.91. The highest BCUT2D eigenvalue weighted by molar-refractivity contribution is 5.87. The van der Waals surface area contributed by atoms with Gasteiger partial charge in [-0.25, -0.2) is 0 Å². The maximum absolute atomic E-state index is 11.6. The Morgan fingerprint density at radius 2 is 1.50 bits per heavy atom. The van der Waals surface area contributed by atoms with E-state index < -0.39 is 22.8 Å². The Balaban J connectivity index is 2.25. The van der Waals surface area contributed by atoms with Crippen LogP contribution in [0.3, 0.4) is 0 Å². The summed E-state index contributed by atoms with van der Waals surface area (Å²) in [5.74, 6) is -2.11. The molecule has 0 spiro atoms. The Kier molecular flexibility index (Phi) is 3.56. The van der Waals surface area contributed by atoms with E-state index in [0.717, 1.165) is 5.56 Å². The molecule has 2 N–H and O–H groups in total. The lowest BCUT2D eigenvalue weighted by atomic mass is 9.68. The van der Waals surface area contributed by atoms with Crippen molar-refractivity contribution in [3.05, 3.63) is 35.9 Å². The molecule has 1 fully saturated rings. The van der Waals surface area contributed by atoms with E-state index in [2.05, 4.69) is 0 Å². The molecular formula is C15H19NO4. The predicted molar refractivity (Wildman–Crippen MR) is 73.2 cm³/mol. The van der Waals surface area contributed by atoms with Crippen LogP contribution < -0.4 is 0 Å². The number of aliphatic carboxylic acids is 2. The molecule has 0 amide bonds. The van der Waals surface area contributed by atoms with Crippen molar-refractivity contribution in [2.45, 2.75) is 20.4 Å². The molecule has 0 aromatic heterocycles. The number of hydrogen-bond acceptors (Lipinski definition) is 3.